The van der Waals surface area contributed by atoms with Crippen LogP contribution in [0.4, 0.5) is 5.69 Å². The van der Waals surface area contributed by atoms with E-state index in [-0.39, 0.29) is 20.6 Å². The number of carbonyl (C=O) groups excluding carboxylic acids is 1. The van der Waals surface area contributed by atoms with Gasteiger partial charge in [0.05, 0.1) is 20.6 Å². The average molecular weight is 379 g/mol. The third kappa shape index (κ3) is 3.55. The summed E-state index contributed by atoms with van der Waals surface area (Å²) in [5, 5.41) is -0.633. The molecule has 2 aromatic carbocycles. The minimum Gasteiger partial charge on any atom is -0.279 e. The highest BCUT2D eigenvalue weighted by atomic mass is 35.5. The zero-order chi connectivity index (χ0) is 16.3. The number of nitrogens with zero attached hydrogens (tertiary/aromatic N) is 1. The molecule has 0 aliphatic rings. The van der Waals surface area contributed by atoms with Crippen LogP contribution in [0.5, 0.6) is 0 Å². The SMILES string of the molecule is O=C(Cl)CN(c1cccc(Cl)c1Cl)S(=O)(=O)c1ccccc1. The molecule has 0 fully saturated rings. The minimum absolute atomic E-state index is 0.0176. The van der Waals surface area contributed by atoms with Crippen LogP contribution in [0.25, 0.3) is 0 Å². The van der Waals surface area contributed by atoms with Crippen molar-refractivity contribution in [1.82, 2.24) is 0 Å². The number of anilines is 1. The fraction of sp³-hybridized carbons (Fsp3) is 0.0714. The van der Waals surface area contributed by atoms with Crippen LogP contribution in [0.1, 0.15) is 0 Å². The van der Waals surface area contributed by atoms with Crippen molar-refractivity contribution in [2.45, 2.75) is 4.90 Å². The Morgan fingerprint density at radius 2 is 1.64 bits per heavy atom. The smallest absolute Gasteiger partial charge is 0.264 e. The van der Waals surface area contributed by atoms with Gasteiger partial charge < -0.3 is 0 Å². The Labute approximate surface area is 143 Å². The van der Waals surface area contributed by atoms with Gasteiger partial charge >= 0.3 is 0 Å². The van der Waals surface area contributed by atoms with E-state index in [1.807, 2.05) is 0 Å². The van der Waals surface area contributed by atoms with Crippen molar-refractivity contribution >= 4 is 55.8 Å². The molecule has 8 heteroatoms. The van der Waals surface area contributed by atoms with E-state index in [1.165, 1.54) is 30.3 Å². The van der Waals surface area contributed by atoms with Crippen molar-refractivity contribution in [3.8, 4) is 0 Å². The Kier molecular flexibility index (Phi) is 5.34. The van der Waals surface area contributed by atoms with Gasteiger partial charge in [0.1, 0.15) is 6.54 Å². The molecule has 2 aromatic rings. The average Bonchev–Trinajstić information content (AvgIpc) is 2.48. The monoisotopic (exact) mass is 377 g/mol. The molecule has 4 nitrogen and oxygen atoms in total. The minimum atomic E-state index is -4.00. The number of benzene rings is 2. The molecule has 0 atom stereocenters. The molecule has 0 bridgehead atoms. The van der Waals surface area contributed by atoms with Gasteiger partial charge in [-0.05, 0) is 35.9 Å². The Bertz CT molecular complexity index is 794. The molecule has 0 saturated heterocycles. The van der Waals surface area contributed by atoms with Crippen molar-refractivity contribution in [2.24, 2.45) is 0 Å². The van der Waals surface area contributed by atoms with E-state index in [0.717, 1.165) is 4.31 Å². The number of rotatable bonds is 5. The lowest BCUT2D eigenvalue weighted by Gasteiger charge is -2.24. The third-order valence-corrected chi connectivity index (χ3v) is 5.50. The lowest BCUT2D eigenvalue weighted by molar-refractivity contribution is -0.110. The van der Waals surface area contributed by atoms with Gasteiger partial charge in [0.25, 0.3) is 10.0 Å². The van der Waals surface area contributed by atoms with E-state index in [2.05, 4.69) is 0 Å². The van der Waals surface area contributed by atoms with Crippen LogP contribution < -0.4 is 4.31 Å². The van der Waals surface area contributed by atoms with Crippen molar-refractivity contribution < 1.29 is 13.2 Å². The number of hydrogen-bond acceptors (Lipinski definition) is 3. The third-order valence-electron chi connectivity index (χ3n) is 2.80. The Morgan fingerprint density at radius 3 is 2.23 bits per heavy atom. The maximum absolute atomic E-state index is 12.7. The molecule has 22 heavy (non-hydrogen) atoms. The van der Waals surface area contributed by atoms with E-state index >= 15 is 0 Å². The first-order valence-corrected chi connectivity index (χ1v) is 8.61. The molecule has 116 valence electrons. The second-order valence-electron chi connectivity index (χ2n) is 4.25. The van der Waals surface area contributed by atoms with Crippen LogP contribution in [0.3, 0.4) is 0 Å². The van der Waals surface area contributed by atoms with Gasteiger partial charge in [0, 0.05) is 0 Å². The molecule has 0 saturated carbocycles. The lowest BCUT2D eigenvalue weighted by Crippen LogP contribution is -2.34. The van der Waals surface area contributed by atoms with Gasteiger partial charge in [-0.25, -0.2) is 8.42 Å². The fourth-order valence-electron chi connectivity index (χ4n) is 1.82. The van der Waals surface area contributed by atoms with E-state index in [0.29, 0.717) is 0 Å². The van der Waals surface area contributed by atoms with E-state index in [4.69, 9.17) is 34.8 Å². The molecule has 0 unspecified atom stereocenters. The largest absolute Gasteiger partial charge is 0.279 e. The summed E-state index contributed by atoms with van der Waals surface area (Å²) in [5.74, 6) is 0. The summed E-state index contributed by atoms with van der Waals surface area (Å²) in [4.78, 5) is 11.3. The summed E-state index contributed by atoms with van der Waals surface area (Å²) in [7, 11) is -4.00. The highest BCUT2D eigenvalue weighted by Crippen LogP contribution is 2.35. The summed E-state index contributed by atoms with van der Waals surface area (Å²) in [6.07, 6.45) is 0. The number of sulfonamides is 1. The first-order chi connectivity index (χ1) is 10.3. The molecule has 0 aliphatic heterocycles. The molecule has 2 rings (SSSR count). The zero-order valence-electron chi connectivity index (χ0n) is 11.0. The van der Waals surface area contributed by atoms with E-state index < -0.39 is 21.8 Å². The summed E-state index contributed by atoms with van der Waals surface area (Å²) in [6.45, 7) is -0.557. The molecule has 0 amide bonds. The second kappa shape index (κ2) is 6.87. The van der Waals surface area contributed by atoms with Crippen molar-refractivity contribution in [1.29, 1.82) is 0 Å². The van der Waals surface area contributed by atoms with Crippen molar-refractivity contribution in [3.63, 3.8) is 0 Å². The summed E-state index contributed by atoms with van der Waals surface area (Å²) in [6, 6.07) is 12.2. The molecular formula is C14H10Cl3NO3S. The molecule has 0 radical (unpaired) electrons. The Balaban J connectivity index is 2.61. The van der Waals surface area contributed by atoms with Gasteiger partial charge in [0.15, 0.2) is 0 Å². The highest BCUT2D eigenvalue weighted by Gasteiger charge is 2.28. The molecule has 0 aromatic heterocycles. The standard InChI is InChI=1S/C14H10Cl3NO3S/c15-11-7-4-8-12(14(11)17)18(9-13(16)19)22(20,21)10-5-2-1-3-6-10/h1-8H,9H2. The van der Waals surface area contributed by atoms with Crippen molar-refractivity contribution in [3.05, 3.63) is 58.6 Å². The molecule has 0 aliphatic carbocycles. The van der Waals surface area contributed by atoms with Gasteiger partial charge in [-0.2, -0.15) is 0 Å². The van der Waals surface area contributed by atoms with Gasteiger partial charge in [-0.3, -0.25) is 9.10 Å². The summed E-state index contributed by atoms with van der Waals surface area (Å²) < 4.78 is 26.3. The van der Waals surface area contributed by atoms with Crippen LogP contribution >= 0.6 is 34.8 Å². The molecular weight excluding hydrogens is 369 g/mol. The van der Waals surface area contributed by atoms with Crippen LogP contribution in [-0.2, 0) is 14.8 Å². The Morgan fingerprint density at radius 1 is 1.00 bits per heavy atom. The van der Waals surface area contributed by atoms with Crippen molar-refractivity contribution in [2.75, 3.05) is 10.8 Å². The normalized spacial score (nSPS) is 11.2. The van der Waals surface area contributed by atoms with E-state index in [1.54, 1.807) is 18.2 Å². The van der Waals surface area contributed by atoms with Gasteiger partial charge in [0.2, 0.25) is 5.24 Å². The van der Waals surface area contributed by atoms with Crippen LogP contribution in [-0.4, -0.2) is 20.2 Å². The van der Waals surface area contributed by atoms with Crippen LogP contribution in [0.15, 0.2) is 53.4 Å². The number of hydrogen-bond donors (Lipinski definition) is 0. The molecule has 0 N–H and O–H groups in total. The first-order valence-electron chi connectivity index (χ1n) is 6.04. The Hall–Kier alpha value is -1.27. The number of halogens is 3. The van der Waals surface area contributed by atoms with Gasteiger partial charge in [-0.1, -0.05) is 47.5 Å². The predicted octanol–water partition coefficient (Wildman–Crippen LogP) is 3.95. The maximum Gasteiger partial charge on any atom is 0.264 e. The molecule has 0 heterocycles. The lowest BCUT2D eigenvalue weighted by atomic mass is 10.3. The van der Waals surface area contributed by atoms with Gasteiger partial charge in [-0.15, -0.1) is 0 Å². The number of carbonyl (C=O) groups is 1. The van der Waals surface area contributed by atoms with Crippen LogP contribution in [0.2, 0.25) is 10.0 Å². The van der Waals surface area contributed by atoms with E-state index in [9.17, 15) is 13.2 Å². The topological polar surface area (TPSA) is 54.5 Å². The quantitative estimate of drug-likeness (QED) is 0.740. The summed E-state index contributed by atoms with van der Waals surface area (Å²) >= 11 is 17.4. The summed E-state index contributed by atoms with van der Waals surface area (Å²) in [5.41, 5.74) is 0.0898. The zero-order valence-corrected chi connectivity index (χ0v) is 14.1. The predicted molar refractivity (Wildman–Crippen MR) is 88.3 cm³/mol. The maximum atomic E-state index is 12.7. The van der Waals surface area contributed by atoms with Crippen LogP contribution in [0, 0.1) is 0 Å². The molecule has 0 spiro atoms. The fourth-order valence-corrected chi connectivity index (χ4v) is 3.91. The second-order valence-corrected chi connectivity index (χ2v) is 7.32. The highest BCUT2D eigenvalue weighted by molar-refractivity contribution is 7.92. The first kappa shape index (κ1) is 17.1.